The van der Waals surface area contributed by atoms with E-state index >= 15 is 0 Å². The minimum atomic E-state index is -0.0779. The summed E-state index contributed by atoms with van der Waals surface area (Å²) in [6.45, 7) is 2.73. The van der Waals surface area contributed by atoms with Gasteiger partial charge < -0.3 is 10.5 Å². The molecule has 1 aromatic rings. The minimum absolute atomic E-state index is 0.0779. The first-order valence-corrected chi connectivity index (χ1v) is 7.74. The van der Waals surface area contributed by atoms with Crippen LogP contribution in [0.25, 0.3) is 0 Å². The number of hydrogen-bond donors (Lipinski definition) is 1. The van der Waals surface area contributed by atoms with Crippen molar-refractivity contribution in [1.29, 1.82) is 0 Å². The van der Waals surface area contributed by atoms with Gasteiger partial charge in [-0.25, -0.2) is 0 Å². The van der Waals surface area contributed by atoms with Crippen LogP contribution in [0.4, 0.5) is 0 Å². The second-order valence-corrected chi connectivity index (χ2v) is 5.78. The number of ether oxygens (including phenoxy) is 1. The van der Waals surface area contributed by atoms with E-state index in [1.54, 1.807) is 0 Å². The molecule has 0 aliphatic heterocycles. The van der Waals surface area contributed by atoms with Crippen LogP contribution >= 0.6 is 11.6 Å². The van der Waals surface area contributed by atoms with Crippen molar-refractivity contribution in [3.8, 4) is 0 Å². The molecule has 0 bridgehead atoms. The summed E-state index contributed by atoms with van der Waals surface area (Å²) in [7, 11) is 0. The summed E-state index contributed by atoms with van der Waals surface area (Å²) in [6.07, 6.45) is 6.47. The third-order valence-corrected chi connectivity index (χ3v) is 4.51. The van der Waals surface area contributed by atoms with Gasteiger partial charge in [-0.05, 0) is 24.8 Å². The molecule has 1 aromatic carbocycles. The molecule has 0 radical (unpaired) electrons. The SMILES string of the molecule is CCC1CCCCC1OC(CN)c1ccccc1Cl. The minimum Gasteiger partial charge on any atom is -0.369 e. The van der Waals surface area contributed by atoms with Crippen molar-refractivity contribution < 1.29 is 4.74 Å². The maximum absolute atomic E-state index is 6.30. The summed E-state index contributed by atoms with van der Waals surface area (Å²) in [5.74, 6) is 0.672. The molecule has 106 valence electrons. The third kappa shape index (κ3) is 3.71. The zero-order chi connectivity index (χ0) is 13.7. The van der Waals surface area contributed by atoms with E-state index in [-0.39, 0.29) is 6.10 Å². The molecule has 19 heavy (non-hydrogen) atoms. The maximum atomic E-state index is 6.30. The lowest BCUT2D eigenvalue weighted by atomic mass is 9.84. The zero-order valence-corrected chi connectivity index (χ0v) is 12.4. The van der Waals surface area contributed by atoms with Crippen LogP contribution in [0.2, 0.25) is 5.02 Å². The molecule has 0 saturated heterocycles. The Morgan fingerprint density at radius 3 is 2.74 bits per heavy atom. The number of hydrogen-bond acceptors (Lipinski definition) is 2. The molecule has 0 heterocycles. The fourth-order valence-electron chi connectivity index (χ4n) is 3.02. The lowest BCUT2D eigenvalue weighted by Gasteiger charge is -2.34. The Labute approximate surface area is 121 Å². The van der Waals surface area contributed by atoms with E-state index in [9.17, 15) is 0 Å². The van der Waals surface area contributed by atoms with Gasteiger partial charge in [-0.2, -0.15) is 0 Å². The van der Waals surface area contributed by atoms with E-state index in [1.165, 1.54) is 25.7 Å². The predicted octanol–water partition coefficient (Wildman–Crippen LogP) is 4.33. The van der Waals surface area contributed by atoms with Gasteiger partial charge in [0, 0.05) is 17.1 Å². The highest BCUT2D eigenvalue weighted by Gasteiger charge is 2.27. The molecule has 1 aliphatic rings. The van der Waals surface area contributed by atoms with Crippen LogP contribution in [-0.4, -0.2) is 12.6 Å². The molecule has 3 heteroatoms. The normalized spacial score (nSPS) is 25.2. The smallest absolute Gasteiger partial charge is 0.0965 e. The molecule has 0 aromatic heterocycles. The molecule has 3 unspecified atom stereocenters. The molecule has 3 atom stereocenters. The summed E-state index contributed by atoms with van der Waals surface area (Å²) >= 11 is 6.25. The van der Waals surface area contributed by atoms with Crippen LogP contribution in [0.1, 0.15) is 50.7 Å². The lowest BCUT2D eigenvalue weighted by molar-refractivity contribution is -0.0586. The Morgan fingerprint density at radius 1 is 1.32 bits per heavy atom. The summed E-state index contributed by atoms with van der Waals surface area (Å²) in [5.41, 5.74) is 6.91. The zero-order valence-electron chi connectivity index (χ0n) is 11.6. The number of benzene rings is 1. The van der Waals surface area contributed by atoms with Gasteiger partial charge in [0.05, 0.1) is 12.2 Å². The van der Waals surface area contributed by atoms with Crippen LogP contribution in [0.15, 0.2) is 24.3 Å². The number of rotatable bonds is 5. The van der Waals surface area contributed by atoms with Gasteiger partial charge >= 0.3 is 0 Å². The quantitative estimate of drug-likeness (QED) is 0.872. The topological polar surface area (TPSA) is 35.2 Å². The van der Waals surface area contributed by atoms with Crippen molar-refractivity contribution in [2.45, 2.75) is 51.2 Å². The highest BCUT2D eigenvalue weighted by molar-refractivity contribution is 6.31. The molecule has 1 saturated carbocycles. The van der Waals surface area contributed by atoms with E-state index in [2.05, 4.69) is 6.92 Å². The first-order valence-electron chi connectivity index (χ1n) is 7.36. The molecule has 1 fully saturated rings. The highest BCUT2D eigenvalue weighted by atomic mass is 35.5. The van der Waals surface area contributed by atoms with Crippen molar-refractivity contribution in [3.05, 3.63) is 34.9 Å². The Kier molecular flexibility index (Phi) is 5.68. The van der Waals surface area contributed by atoms with Crippen molar-refractivity contribution in [1.82, 2.24) is 0 Å². The van der Waals surface area contributed by atoms with Gasteiger partial charge in [0.15, 0.2) is 0 Å². The van der Waals surface area contributed by atoms with Crippen molar-refractivity contribution in [2.24, 2.45) is 11.7 Å². The van der Waals surface area contributed by atoms with E-state index in [4.69, 9.17) is 22.1 Å². The average molecular weight is 282 g/mol. The first kappa shape index (κ1) is 14.8. The Hall–Kier alpha value is -0.570. The van der Waals surface area contributed by atoms with Gasteiger partial charge in [-0.15, -0.1) is 0 Å². The first-order chi connectivity index (χ1) is 9.26. The van der Waals surface area contributed by atoms with Crippen LogP contribution < -0.4 is 5.73 Å². The third-order valence-electron chi connectivity index (χ3n) is 4.17. The number of nitrogens with two attached hydrogens (primary N) is 1. The van der Waals surface area contributed by atoms with Crippen molar-refractivity contribution in [3.63, 3.8) is 0 Å². The Balaban J connectivity index is 2.08. The monoisotopic (exact) mass is 281 g/mol. The van der Waals surface area contributed by atoms with Gasteiger partial charge in [0.1, 0.15) is 0 Å². The predicted molar refractivity (Wildman–Crippen MR) is 80.4 cm³/mol. The van der Waals surface area contributed by atoms with E-state index in [0.29, 0.717) is 18.6 Å². The fraction of sp³-hybridized carbons (Fsp3) is 0.625. The summed E-state index contributed by atoms with van der Waals surface area (Å²) in [6, 6.07) is 7.85. The fourth-order valence-corrected chi connectivity index (χ4v) is 3.28. The lowest BCUT2D eigenvalue weighted by Crippen LogP contribution is -2.31. The molecule has 2 N–H and O–H groups in total. The second kappa shape index (κ2) is 7.28. The van der Waals surface area contributed by atoms with Gasteiger partial charge in [0.25, 0.3) is 0 Å². The van der Waals surface area contributed by atoms with Crippen molar-refractivity contribution >= 4 is 11.6 Å². The standard InChI is InChI=1S/C16H24ClNO/c1-2-12-7-3-6-10-15(12)19-16(11-18)13-8-4-5-9-14(13)17/h4-5,8-9,12,15-16H,2-3,6-7,10-11,18H2,1H3. The van der Waals surface area contributed by atoms with Gasteiger partial charge in [0.2, 0.25) is 0 Å². The van der Waals surface area contributed by atoms with E-state index in [1.807, 2.05) is 24.3 Å². The van der Waals surface area contributed by atoms with Crippen LogP contribution in [-0.2, 0) is 4.74 Å². The summed E-state index contributed by atoms with van der Waals surface area (Å²) < 4.78 is 6.30. The average Bonchev–Trinajstić information content (AvgIpc) is 2.46. The highest BCUT2D eigenvalue weighted by Crippen LogP contribution is 2.34. The molecule has 0 amide bonds. The molecule has 0 spiro atoms. The maximum Gasteiger partial charge on any atom is 0.0965 e. The molecule has 2 nitrogen and oxygen atoms in total. The summed E-state index contributed by atoms with van der Waals surface area (Å²) in [4.78, 5) is 0. The van der Waals surface area contributed by atoms with Crippen LogP contribution in [0.5, 0.6) is 0 Å². The van der Waals surface area contributed by atoms with E-state index in [0.717, 1.165) is 17.0 Å². The Morgan fingerprint density at radius 2 is 2.05 bits per heavy atom. The molecular weight excluding hydrogens is 258 g/mol. The van der Waals surface area contributed by atoms with E-state index < -0.39 is 0 Å². The largest absolute Gasteiger partial charge is 0.369 e. The number of halogens is 1. The Bertz CT molecular complexity index is 396. The van der Waals surface area contributed by atoms with Crippen molar-refractivity contribution in [2.75, 3.05) is 6.54 Å². The van der Waals surface area contributed by atoms with Crippen LogP contribution in [0, 0.1) is 5.92 Å². The van der Waals surface area contributed by atoms with Crippen LogP contribution in [0.3, 0.4) is 0 Å². The molecular formula is C16H24ClNO. The second-order valence-electron chi connectivity index (χ2n) is 5.37. The molecule has 2 rings (SSSR count). The molecule has 1 aliphatic carbocycles. The van der Waals surface area contributed by atoms with Gasteiger partial charge in [-0.3, -0.25) is 0 Å². The van der Waals surface area contributed by atoms with Gasteiger partial charge in [-0.1, -0.05) is 56.0 Å². The summed E-state index contributed by atoms with van der Waals surface area (Å²) in [5, 5.41) is 0.752.